The monoisotopic (exact) mass is 227 g/mol. The van der Waals surface area contributed by atoms with Crippen LogP contribution in [0.2, 0.25) is 0 Å². The molecule has 15 heavy (non-hydrogen) atoms. The second kappa shape index (κ2) is 8.23. The van der Waals surface area contributed by atoms with E-state index in [0.717, 1.165) is 11.3 Å². The SMILES string of the molecule is C=CCCCCCNC1CCCC1SC. The van der Waals surface area contributed by atoms with Crippen molar-refractivity contribution in [3.63, 3.8) is 0 Å². The molecule has 0 bridgehead atoms. The van der Waals surface area contributed by atoms with Crippen molar-refractivity contribution in [2.45, 2.75) is 56.2 Å². The molecule has 88 valence electrons. The summed E-state index contributed by atoms with van der Waals surface area (Å²) in [5.41, 5.74) is 0. The smallest absolute Gasteiger partial charge is 0.0198 e. The summed E-state index contributed by atoms with van der Waals surface area (Å²) in [5.74, 6) is 0. The van der Waals surface area contributed by atoms with Crippen molar-refractivity contribution in [1.29, 1.82) is 0 Å². The van der Waals surface area contributed by atoms with Gasteiger partial charge in [0.05, 0.1) is 0 Å². The summed E-state index contributed by atoms with van der Waals surface area (Å²) in [6.07, 6.45) is 13.6. The Bertz CT molecular complexity index is 170. The maximum atomic E-state index is 3.74. The van der Waals surface area contributed by atoms with Gasteiger partial charge in [-0.15, -0.1) is 6.58 Å². The Kier molecular flexibility index (Phi) is 7.20. The molecule has 1 aliphatic rings. The molecule has 2 heteroatoms. The fourth-order valence-electron chi connectivity index (χ4n) is 2.32. The zero-order valence-electron chi connectivity index (χ0n) is 10.0. The normalized spacial score (nSPS) is 25.7. The second-order valence-electron chi connectivity index (χ2n) is 4.40. The number of hydrogen-bond donors (Lipinski definition) is 1. The first-order chi connectivity index (χ1) is 7.38. The molecular formula is C13H25NS. The first-order valence-electron chi connectivity index (χ1n) is 6.25. The second-order valence-corrected chi connectivity index (χ2v) is 5.48. The fraction of sp³-hybridized carbons (Fsp3) is 0.846. The zero-order chi connectivity index (χ0) is 10.9. The molecule has 0 spiro atoms. The highest BCUT2D eigenvalue weighted by Gasteiger charge is 2.25. The Morgan fingerprint density at radius 2 is 2.20 bits per heavy atom. The number of allylic oxidation sites excluding steroid dienone is 1. The molecule has 0 aromatic rings. The predicted octanol–water partition coefficient (Wildman–Crippen LogP) is 3.61. The van der Waals surface area contributed by atoms with Gasteiger partial charge in [-0.3, -0.25) is 0 Å². The van der Waals surface area contributed by atoms with Crippen LogP contribution in [0.15, 0.2) is 12.7 Å². The van der Waals surface area contributed by atoms with Gasteiger partial charge in [-0.2, -0.15) is 11.8 Å². The van der Waals surface area contributed by atoms with Crippen LogP contribution in [0.3, 0.4) is 0 Å². The molecule has 1 N–H and O–H groups in total. The Balaban J connectivity index is 1.97. The molecule has 0 aliphatic heterocycles. The summed E-state index contributed by atoms with van der Waals surface area (Å²) in [5, 5.41) is 4.59. The maximum absolute atomic E-state index is 3.74. The number of thioether (sulfide) groups is 1. The molecule has 0 radical (unpaired) electrons. The maximum Gasteiger partial charge on any atom is 0.0198 e. The van der Waals surface area contributed by atoms with Crippen LogP contribution < -0.4 is 5.32 Å². The van der Waals surface area contributed by atoms with E-state index in [-0.39, 0.29) is 0 Å². The molecule has 2 unspecified atom stereocenters. The average Bonchev–Trinajstić information content (AvgIpc) is 2.70. The van der Waals surface area contributed by atoms with E-state index in [4.69, 9.17) is 0 Å². The van der Waals surface area contributed by atoms with Crippen LogP contribution in [0, 0.1) is 0 Å². The van der Waals surface area contributed by atoms with Crippen LogP contribution in [-0.4, -0.2) is 24.1 Å². The van der Waals surface area contributed by atoms with Gasteiger partial charge in [0, 0.05) is 11.3 Å². The molecule has 1 nitrogen and oxygen atoms in total. The highest BCUT2D eigenvalue weighted by Crippen LogP contribution is 2.28. The lowest BCUT2D eigenvalue weighted by Crippen LogP contribution is -2.34. The van der Waals surface area contributed by atoms with Gasteiger partial charge in [-0.05, 0) is 44.9 Å². The topological polar surface area (TPSA) is 12.0 Å². The molecule has 2 atom stereocenters. The standard InChI is InChI=1S/C13H25NS/c1-3-4-5-6-7-11-14-12-9-8-10-13(12)15-2/h3,12-14H,1,4-11H2,2H3. The molecule has 1 fully saturated rings. The molecule has 0 saturated heterocycles. The highest BCUT2D eigenvalue weighted by molar-refractivity contribution is 7.99. The largest absolute Gasteiger partial charge is 0.313 e. The predicted molar refractivity (Wildman–Crippen MR) is 71.6 cm³/mol. The Morgan fingerprint density at radius 1 is 1.33 bits per heavy atom. The number of hydrogen-bond acceptors (Lipinski definition) is 2. The van der Waals surface area contributed by atoms with E-state index in [1.54, 1.807) is 0 Å². The summed E-state index contributed by atoms with van der Waals surface area (Å²) >= 11 is 2.04. The van der Waals surface area contributed by atoms with Gasteiger partial charge >= 0.3 is 0 Å². The molecule has 1 aliphatic carbocycles. The van der Waals surface area contributed by atoms with E-state index in [0.29, 0.717) is 0 Å². The molecule has 1 saturated carbocycles. The van der Waals surface area contributed by atoms with E-state index >= 15 is 0 Å². The first kappa shape index (κ1) is 13.1. The van der Waals surface area contributed by atoms with Gasteiger partial charge in [0.15, 0.2) is 0 Å². The third-order valence-electron chi connectivity index (χ3n) is 3.25. The molecular weight excluding hydrogens is 202 g/mol. The Morgan fingerprint density at radius 3 is 2.93 bits per heavy atom. The molecule has 0 aromatic heterocycles. The quantitative estimate of drug-likeness (QED) is 0.502. The van der Waals surface area contributed by atoms with Gasteiger partial charge in [0.1, 0.15) is 0 Å². The number of rotatable bonds is 8. The van der Waals surface area contributed by atoms with Crippen molar-refractivity contribution >= 4 is 11.8 Å². The molecule has 0 amide bonds. The van der Waals surface area contributed by atoms with E-state index in [2.05, 4.69) is 18.2 Å². The van der Waals surface area contributed by atoms with Crippen LogP contribution >= 0.6 is 11.8 Å². The summed E-state index contributed by atoms with van der Waals surface area (Å²) < 4.78 is 0. The molecule has 0 aromatic carbocycles. The lowest BCUT2D eigenvalue weighted by Gasteiger charge is -2.18. The van der Waals surface area contributed by atoms with Crippen LogP contribution in [0.4, 0.5) is 0 Å². The summed E-state index contributed by atoms with van der Waals surface area (Å²) in [6, 6.07) is 0.791. The Labute approximate surface area is 99.1 Å². The van der Waals surface area contributed by atoms with Crippen molar-refractivity contribution in [3.05, 3.63) is 12.7 Å². The van der Waals surface area contributed by atoms with Gasteiger partial charge in [0.2, 0.25) is 0 Å². The van der Waals surface area contributed by atoms with Crippen molar-refractivity contribution in [3.8, 4) is 0 Å². The third-order valence-corrected chi connectivity index (χ3v) is 4.42. The van der Waals surface area contributed by atoms with Crippen LogP contribution in [-0.2, 0) is 0 Å². The minimum absolute atomic E-state index is 0.791. The van der Waals surface area contributed by atoms with Crippen molar-refractivity contribution in [2.24, 2.45) is 0 Å². The zero-order valence-corrected chi connectivity index (χ0v) is 10.8. The van der Waals surface area contributed by atoms with Crippen LogP contribution in [0.25, 0.3) is 0 Å². The summed E-state index contributed by atoms with van der Waals surface area (Å²) in [4.78, 5) is 0. The van der Waals surface area contributed by atoms with E-state index < -0.39 is 0 Å². The van der Waals surface area contributed by atoms with Gasteiger partial charge in [-0.25, -0.2) is 0 Å². The number of nitrogens with one attached hydrogen (secondary N) is 1. The minimum atomic E-state index is 0.791. The lowest BCUT2D eigenvalue weighted by atomic mass is 10.2. The van der Waals surface area contributed by atoms with Gasteiger partial charge in [-0.1, -0.05) is 18.9 Å². The number of unbranched alkanes of at least 4 members (excludes halogenated alkanes) is 3. The fourth-order valence-corrected chi connectivity index (χ4v) is 3.28. The van der Waals surface area contributed by atoms with Gasteiger partial charge in [0.25, 0.3) is 0 Å². The van der Waals surface area contributed by atoms with E-state index in [1.165, 1.54) is 51.5 Å². The van der Waals surface area contributed by atoms with Gasteiger partial charge < -0.3 is 5.32 Å². The van der Waals surface area contributed by atoms with Crippen LogP contribution in [0.1, 0.15) is 44.9 Å². The third kappa shape index (κ3) is 5.07. The minimum Gasteiger partial charge on any atom is -0.313 e. The van der Waals surface area contributed by atoms with Crippen LogP contribution in [0.5, 0.6) is 0 Å². The first-order valence-corrected chi connectivity index (χ1v) is 7.54. The molecule has 1 rings (SSSR count). The van der Waals surface area contributed by atoms with Crippen molar-refractivity contribution < 1.29 is 0 Å². The molecule has 0 heterocycles. The summed E-state index contributed by atoms with van der Waals surface area (Å²) in [6.45, 7) is 4.95. The Hall–Kier alpha value is 0.0500. The van der Waals surface area contributed by atoms with E-state index in [1.807, 2.05) is 17.8 Å². The van der Waals surface area contributed by atoms with Crippen molar-refractivity contribution in [1.82, 2.24) is 5.32 Å². The summed E-state index contributed by atoms with van der Waals surface area (Å²) in [7, 11) is 0. The average molecular weight is 227 g/mol. The van der Waals surface area contributed by atoms with E-state index in [9.17, 15) is 0 Å². The highest BCUT2D eigenvalue weighted by atomic mass is 32.2. The lowest BCUT2D eigenvalue weighted by molar-refractivity contribution is 0.510. The van der Waals surface area contributed by atoms with Crippen molar-refractivity contribution in [2.75, 3.05) is 12.8 Å².